The SMILES string of the molecule is CC.CCN[C@@H](CO)CC[C@H](CO)NC.[HH].[HH]. The van der Waals surface area contributed by atoms with E-state index in [9.17, 15) is 0 Å². The van der Waals surface area contributed by atoms with E-state index in [1.54, 1.807) is 0 Å². The van der Waals surface area contributed by atoms with Gasteiger partial charge in [-0.1, -0.05) is 20.8 Å². The lowest BCUT2D eigenvalue weighted by atomic mass is 10.1. The van der Waals surface area contributed by atoms with Crippen LogP contribution in [0.25, 0.3) is 0 Å². The Balaban J connectivity index is -0.000000199. The smallest absolute Gasteiger partial charge is 0.0584 e. The highest BCUT2D eigenvalue weighted by Crippen LogP contribution is 2.00. The lowest BCUT2D eigenvalue weighted by Crippen LogP contribution is -2.36. The molecule has 0 aromatic heterocycles. The summed E-state index contributed by atoms with van der Waals surface area (Å²) in [4.78, 5) is 0. The largest absolute Gasteiger partial charge is 0.395 e. The van der Waals surface area contributed by atoms with E-state index in [4.69, 9.17) is 10.2 Å². The van der Waals surface area contributed by atoms with Crippen LogP contribution in [-0.4, -0.2) is 49.1 Å². The first-order valence-electron chi connectivity index (χ1n) is 5.90. The molecule has 0 amide bonds. The van der Waals surface area contributed by atoms with Crippen LogP contribution >= 0.6 is 0 Å². The van der Waals surface area contributed by atoms with Gasteiger partial charge in [0, 0.05) is 14.9 Å². The molecule has 0 aliphatic rings. The lowest BCUT2D eigenvalue weighted by Gasteiger charge is -2.18. The molecule has 4 N–H and O–H groups in total. The minimum atomic E-state index is 0. The number of likely N-dealkylation sites (N-methyl/N-ethyl adjacent to an activating group) is 2. The average Bonchev–Trinajstić information content (AvgIpc) is 2.31. The van der Waals surface area contributed by atoms with Gasteiger partial charge in [0.2, 0.25) is 0 Å². The summed E-state index contributed by atoms with van der Waals surface area (Å²) in [6.45, 7) is 7.20. The van der Waals surface area contributed by atoms with Crippen LogP contribution in [0.15, 0.2) is 0 Å². The molecule has 15 heavy (non-hydrogen) atoms. The number of hydrogen-bond donors (Lipinski definition) is 4. The second-order valence-corrected chi connectivity index (χ2v) is 3.18. The first-order valence-corrected chi connectivity index (χ1v) is 5.90. The molecule has 0 bridgehead atoms. The molecule has 0 saturated heterocycles. The Morgan fingerprint density at radius 1 is 1.07 bits per heavy atom. The van der Waals surface area contributed by atoms with Gasteiger partial charge in [-0.3, -0.25) is 0 Å². The van der Waals surface area contributed by atoms with Gasteiger partial charge in [0.15, 0.2) is 0 Å². The first-order chi connectivity index (χ1) is 7.28. The molecule has 0 aromatic rings. The second-order valence-electron chi connectivity index (χ2n) is 3.18. The number of hydrogen-bond acceptors (Lipinski definition) is 4. The molecule has 0 aromatic carbocycles. The monoisotopic (exact) mass is 224 g/mol. The molecular weight excluding hydrogens is 192 g/mol. The van der Waals surface area contributed by atoms with E-state index in [2.05, 4.69) is 10.6 Å². The van der Waals surface area contributed by atoms with Crippen LogP contribution in [-0.2, 0) is 0 Å². The molecule has 0 saturated carbocycles. The van der Waals surface area contributed by atoms with Gasteiger partial charge in [-0.15, -0.1) is 0 Å². The maximum Gasteiger partial charge on any atom is 0.0584 e. The molecular formula is C11H32N2O2. The van der Waals surface area contributed by atoms with Crippen LogP contribution < -0.4 is 10.6 Å². The molecule has 0 aliphatic heterocycles. The maximum absolute atomic E-state index is 8.97. The minimum Gasteiger partial charge on any atom is -0.395 e. The van der Waals surface area contributed by atoms with Crippen LogP contribution in [0.2, 0.25) is 0 Å². The normalized spacial score (nSPS) is 14.0. The fourth-order valence-electron chi connectivity index (χ4n) is 1.28. The molecule has 0 unspecified atom stereocenters. The third-order valence-corrected chi connectivity index (χ3v) is 2.21. The summed E-state index contributed by atoms with van der Waals surface area (Å²) >= 11 is 0. The van der Waals surface area contributed by atoms with Crippen molar-refractivity contribution in [2.24, 2.45) is 0 Å². The summed E-state index contributed by atoms with van der Waals surface area (Å²) in [6, 6.07) is 0.306. The summed E-state index contributed by atoms with van der Waals surface area (Å²) in [7, 11) is 1.84. The van der Waals surface area contributed by atoms with Crippen molar-refractivity contribution in [1.29, 1.82) is 0 Å². The van der Waals surface area contributed by atoms with Gasteiger partial charge < -0.3 is 20.8 Å². The fraction of sp³-hybridized carbons (Fsp3) is 1.00. The van der Waals surface area contributed by atoms with Gasteiger partial charge in [0.05, 0.1) is 13.2 Å². The topological polar surface area (TPSA) is 64.5 Å². The Morgan fingerprint density at radius 3 is 1.87 bits per heavy atom. The van der Waals surface area contributed by atoms with Crippen LogP contribution in [0, 0.1) is 0 Å². The van der Waals surface area contributed by atoms with E-state index >= 15 is 0 Å². The van der Waals surface area contributed by atoms with Gasteiger partial charge in [-0.2, -0.15) is 0 Å². The molecule has 0 radical (unpaired) electrons. The van der Waals surface area contributed by atoms with E-state index in [1.165, 1.54) is 0 Å². The van der Waals surface area contributed by atoms with Crippen molar-refractivity contribution >= 4 is 0 Å². The van der Waals surface area contributed by atoms with E-state index in [0.29, 0.717) is 0 Å². The number of aliphatic hydroxyl groups is 2. The second kappa shape index (κ2) is 13.8. The molecule has 4 heteroatoms. The molecule has 0 rings (SSSR count). The summed E-state index contributed by atoms with van der Waals surface area (Å²) < 4.78 is 0. The zero-order valence-corrected chi connectivity index (χ0v) is 10.6. The van der Waals surface area contributed by atoms with E-state index < -0.39 is 0 Å². The highest BCUT2D eigenvalue weighted by atomic mass is 16.3. The molecule has 4 nitrogen and oxygen atoms in total. The van der Waals surface area contributed by atoms with Gasteiger partial charge in [-0.25, -0.2) is 0 Å². The number of aliphatic hydroxyl groups excluding tert-OH is 2. The lowest BCUT2D eigenvalue weighted by molar-refractivity contribution is 0.210. The van der Waals surface area contributed by atoms with Crippen LogP contribution in [0.3, 0.4) is 0 Å². The highest BCUT2D eigenvalue weighted by molar-refractivity contribution is 4.70. The quantitative estimate of drug-likeness (QED) is 0.493. The first kappa shape index (κ1) is 17.2. The average molecular weight is 224 g/mol. The predicted octanol–water partition coefficient (Wildman–Crippen LogP) is 0.836. The Labute approximate surface area is 97.1 Å². The zero-order valence-electron chi connectivity index (χ0n) is 10.6. The third-order valence-electron chi connectivity index (χ3n) is 2.21. The summed E-state index contributed by atoms with van der Waals surface area (Å²) in [6.07, 6.45) is 1.77. The van der Waals surface area contributed by atoms with Crippen LogP contribution in [0.4, 0.5) is 0 Å². The highest BCUT2D eigenvalue weighted by Gasteiger charge is 2.09. The van der Waals surface area contributed by atoms with Crippen molar-refractivity contribution in [2.75, 3.05) is 26.8 Å². The summed E-state index contributed by atoms with van der Waals surface area (Å²) in [5.41, 5.74) is 0. The van der Waals surface area contributed by atoms with Gasteiger partial charge in [-0.05, 0) is 26.4 Å². The molecule has 0 fully saturated rings. The van der Waals surface area contributed by atoms with Crippen molar-refractivity contribution in [3.63, 3.8) is 0 Å². The molecule has 0 heterocycles. The fourth-order valence-corrected chi connectivity index (χ4v) is 1.28. The van der Waals surface area contributed by atoms with Crippen molar-refractivity contribution in [2.45, 2.75) is 45.7 Å². The van der Waals surface area contributed by atoms with E-state index in [0.717, 1.165) is 19.4 Å². The molecule has 0 aliphatic carbocycles. The Morgan fingerprint density at radius 2 is 1.53 bits per heavy atom. The van der Waals surface area contributed by atoms with Gasteiger partial charge in [0.25, 0.3) is 0 Å². The minimum absolute atomic E-state index is 0. The van der Waals surface area contributed by atoms with Crippen molar-refractivity contribution in [3.8, 4) is 0 Å². The zero-order chi connectivity index (χ0) is 12.1. The van der Waals surface area contributed by atoms with E-state index in [1.807, 2.05) is 27.8 Å². The number of rotatable bonds is 8. The Hall–Kier alpha value is -0.160. The predicted molar refractivity (Wildman–Crippen MR) is 69.3 cm³/mol. The maximum atomic E-state index is 8.97. The van der Waals surface area contributed by atoms with Crippen molar-refractivity contribution in [1.82, 2.24) is 10.6 Å². The summed E-state index contributed by atoms with van der Waals surface area (Å²) in [5, 5.41) is 24.1. The van der Waals surface area contributed by atoms with E-state index in [-0.39, 0.29) is 28.2 Å². The summed E-state index contributed by atoms with van der Waals surface area (Å²) in [5.74, 6) is 0. The standard InChI is InChI=1S/C9H22N2O2.C2H6.2H2/c1-3-11-9(7-13)5-4-8(6-12)10-2;1-2;;/h8-13H,3-7H2,1-2H3;1-2H3;2*1H/t8-,9-;;;/m1.../s1. The van der Waals surface area contributed by atoms with Gasteiger partial charge >= 0.3 is 0 Å². The van der Waals surface area contributed by atoms with Crippen molar-refractivity contribution < 1.29 is 13.1 Å². The Bertz CT molecular complexity index is 118. The third kappa shape index (κ3) is 10.1. The number of nitrogens with one attached hydrogen (secondary N) is 2. The Kier molecular flexibility index (Phi) is 15.9. The van der Waals surface area contributed by atoms with Crippen LogP contribution in [0.5, 0.6) is 0 Å². The molecule has 98 valence electrons. The molecule has 2 atom stereocenters. The van der Waals surface area contributed by atoms with Crippen molar-refractivity contribution in [3.05, 3.63) is 0 Å². The molecule has 0 spiro atoms. The van der Waals surface area contributed by atoms with Crippen LogP contribution in [0.1, 0.15) is 36.5 Å². The van der Waals surface area contributed by atoms with Gasteiger partial charge in [0.1, 0.15) is 0 Å².